The lowest BCUT2D eigenvalue weighted by Gasteiger charge is -2.25. The molecule has 0 aliphatic rings. The molecule has 0 bridgehead atoms. The highest BCUT2D eigenvalue weighted by molar-refractivity contribution is 9.10. The second-order valence-electron chi connectivity index (χ2n) is 4.74. The van der Waals surface area contributed by atoms with Gasteiger partial charge in [0.2, 0.25) is 0 Å². The number of nitrogens with one attached hydrogen (secondary N) is 1. The van der Waals surface area contributed by atoms with Crippen LogP contribution in [0.25, 0.3) is 0 Å². The molecule has 2 atom stereocenters. The van der Waals surface area contributed by atoms with Crippen LogP contribution in [0, 0.1) is 5.92 Å². The van der Waals surface area contributed by atoms with Gasteiger partial charge in [0.05, 0.1) is 0 Å². The van der Waals surface area contributed by atoms with Gasteiger partial charge in [0.1, 0.15) is 0 Å². The van der Waals surface area contributed by atoms with Gasteiger partial charge in [0.15, 0.2) is 0 Å². The minimum absolute atomic E-state index is 0.410. The molecular weight excluding hydrogens is 290 g/mol. The maximum absolute atomic E-state index is 5.19. The van der Waals surface area contributed by atoms with Gasteiger partial charge in [-0.2, -0.15) is 0 Å². The van der Waals surface area contributed by atoms with Crippen molar-refractivity contribution in [3.63, 3.8) is 0 Å². The van der Waals surface area contributed by atoms with E-state index in [1.807, 2.05) is 0 Å². The van der Waals surface area contributed by atoms with Crippen LogP contribution in [0.2, 0.25) is 0 Å². The average Bonchev–Trinajstić information content (AvgIpc) is 2.38. The Morgan fingerprint density at radius 1 is 1.28 bits per heavy atom. The summed E-state index contributed by atoms with van der Waals surface area (Å²) in [7, 11) is 1.76. The van der Waals surface area contributed by atoms with E-state index >= 15 is 0 Å². The normalized spacial score (nSPS) is 14.4. The second kappa shape index (κ2) is 8.68. The summed E-state index contributed by atoms with van der Waals surface area (Å²) in [6.45, 7) is 6.36. The molecule has 0 aromatic heterocycles. The minimum atomic E-state index is 0.410. The Labute approximate surface area is 119 Å². The van der Waals surface area contributed by atoms with Crippen LogP contribution in [-0.4, -0.2) is 20.3 Å². The van der Waals surface area contributed by atoms with Gasteiger partial charge in [-0.05, 0) is 43.0 Å². The number of methoxy groups -OCH3 is 1. The van der Waals surface area contributed by atoms with Crippen molar-refractivity contribution >= 4 is 15.9 Å². The van der Waals surface area contributed by atoms with Gasteiger partial charge in [-0.25, -0.2) is 0 Å². The summed E-state index contributed by atoms with van der Waals surface area (Å²) in [6, 6.07) is 9.02. The third-order valence-electron chi connectivity index (χ3n) is 3.19. The van der Waals surface area contributed by atoms with Crippen molar-refractivity contribution in [3.8, 4) is 0 Å². The highest BCUT2D eigenvalue weighted by Crippen LogP contribution is 2.25. The molecule has 0 spiro atoms. The molecule has 0 saturated carbocycles. The summed E-state index contributed by atoms with van der Waals surface area (Å²) in [5.74, 6) is 0.567. The van der Waals surface area contributed by atoms with Crippen LogP contribution >= 0.6 is 15.9 Å². The van der Waals surface area contributed by atoms with Crippen LogP contribution in [0.5, 0.6) is 0 Å². The largest absolute Gasteiger partial charge is 0.385 e. The number of ether oxygens (including phenoxy) is 1. The molecule has 0 aliphatic carbocycles. The van der Waals surface area contributed by atoms with E-state index in [4.69, 9.17) is 4.74 Å². The Hall–Kier alpha value is -0.380. The van der Waals surface area contributed by atoms with Crippen molar-refractivity contribution in [3.05, 3.63) is 34.3 Å². The van der Waals surface area contributed by atoms with Crippen LogP contribution in [-0.2, 0) is 4.74 Å². The van der Waals surface area contributed by atoms with E-state index in [0.717, 1.165) is 30.5 Å². The van der Waals surface area contributed by atoms with Crippen molar-refractivity contribution < 1.29 is 4.74 Å². The van der Waals surface area contributed by atoms with Crippen molar-refractivity contribution in [2.45, 2.75) is 32.7 Å². The fourth-order valence-corrected chi connectivity index (χ4v) is 2.35. The van der Waals surface area contributed by atoms with Gasteiger partial charge in [0.25, 0.3) is 0 Å². The number of rotatable bonds is 8. The lowest BCUT2D eigenvalue weighted by atomic mass is 9.92. The van der Waals surface area contributed by atoms with Gasteiger partial charge in [-0.15, -0.1) is 0 Å². The highest BCUT2D eigenvalue weighted by atomic mass is 79.9. The van der Waals surface area contributed by atoms with Crippen molar-refractivity contribution in [2.75, 3.05) is 20.3 Å². The third kappa shape index (κ3) is 5.09. The number of hydrogen-bond acceptors (Lipinski definition) is 2. The molecule has 0 radical (unpaired) electrons. The number of halogens is 1. The van der Waals surface area contributed by atoms with Crippen molar-refractivity contribution in [1.29, 1.82) is 0 Å². The van der Waals surface area contributed by atoms with E-state index in [1.165, 1.54) is 5.56 Å². The Kier molecular flexibility index (Phi) is 7.56. The average molecular weight is 314 g/mol. The molecule has 0 heterocycles. The third-order valence-corrected chi connectivity index (χ3v) is 3.72. The van der Waals surface area contributed by atoms with Crippen molar-refractivity contribution in [1.82, 2.24) is 5.32 Å². The van der Waals surface area contributed by atoms with E-state index in [2.05, 4.69) is 59.4 Å². The summed E-state index contributed by atoms with van der Waals surface area (Å²) in [5, 5.41) is 3.64. The fourth-order valence-electron chi connectivity index (χ4n) is 2.09. The van der Waals surface area contributed by atoms with Gasteiger partial charge < -0.3 is 10.1 Å². The maximum atomic E-state index is 5.19. The minimum Gasteiger partial charge on any atom is -0.385 e. The molecule has 0 amide bonds. The molecule has 1 rings (SSSR count). The number of hydrogen-bond donors (Lipinski definition) is 1. The van der Waals surface area contributed by atoms with Gasteiger partial charge in [0, 0.05) is 24.2 Å². The lowest BCUT2D eigenvalue weighted by molar-refractivity contribution is 0.170. The first-order valence-electron chi connectivity index (χ1n) is 6.66. The lowest BCUT2D eigenvalue weighted by Crippen LogP contribution is -2.28. The van der Waals surface area contributed by atoms with E-state index in [9.17, 15) is 0 Å². The monoisotopic (exact) mass is 313 g/mol. The quantitative estimate of drug-likeness (QED) is 0.778. The molecule has 1 N–H and O–H groups in total. The summed E-state index contributed by atoms with van der Waals surface area (Å²) in [6.07, 6.45) is 2.23. The van der Waals surface area contributed by atoms with Crippen LogP contribution in [0.3, 0.4) is 0 Å². The zero-order valence-electron chi connectivity index (χ0n) is 11.6. The molecular formula is C15H24BrNO. The first-order chi connectivity index (χ1) is 8.69. The molecule has 102 valence electrons. The first kappa shape index (κ1) is 15.7. The second-order valence-corrected chi connectivity index (χ2v) is 5.66. The Balaban J connectivity index is 2.73. The van der Waals surface area contributed by atoms with E-state index in [0.29, 0.717) is 12.0 Å². The summed E-state index contributed by atoms with van der Waals surface area (Å²) in [5.41, 5.74) is 1.36. The standard InChI is InChI=1S/C15H24BrNO/c1-4-10-17-15(12(2)9-11-18-3)13-5-7-14(16)8-6-13/h5-8,12,15,17H,4,9-11H2,1-3H3. The van der Waals surface area contributed by atoms with Crippen LogP contribution in [0.1, 0.15) is 38.3 Å². The Bertz CT molecular complexity index is 326. The first-order valence-corrected chi connectivity index (χ1v) is 7.46. The maximum Gasteiger partial charge on any atom is 0.0465 e. The van der Waals surface area contributed by atoms with Gasteiger partial charge >= 0.3 is 0 Å². The summed E-state index contributed by atoms with van der Waals surface area (Å²) in [4.78, 5) is 0. The summed E-state index contributed by atoms with van der Waals surface area (Å²) >= 11 is 3.49. The topological polar surface area (TPSA) is 21.3 Å². The predicted octanol–water partition coefficient (Wildman–Crippen LogP) is 4.16. The molecule has 0 fully saturated rings. The molecule has 2 nitrogen and oxygen atoms in total. The zero-order chi connectivity index (χ0) is 13.4. The van der Waals surface area contributed by atoms with Gasteiger partial charge in [-0.3, -0.25) is 0 Å². The summed E-state index contributed by atoms with van der Waals surface area (Å²) < 4.78 is 6.32. The predicted molar refractivity (Wildman–Crippen MR) is 80.8 cm³/mol. The zero-order valence-corrected chi connectivity index (χ0v) is 13.2. The Morgan fingerprint density at radius 3 is 2.50 bits per heavy atom. The molecule has 1 aromatic rings. The van der Waals surface area contributed by atoms with Crippen LogP contribution in [0.15, 0.2) is 28.7 Å². The molecule has 3 heteroatoms. The van der Waals surface area contributed by atoms with Crippen LogP contribution < -0.4 is 5.32 Å². The fraction of sp³-hybridized carbons (Fsp3) is 0.600. The number of benzene rings is 1. The van der Waals surface area contributed by atoms with E-state index in [-0.39, 0.29) is 0 Å². The molecule has 18 heavy (non-hydrogen) atoms. The van der Waals surface area contributed by atoms with Gasteiger partial charge in [-0.1, -0.05) is 41.9 Å². The van der Waals surface area contributed by atoms with Crippen LogP contribution in [0.4, 0.5) is 0 Å². The molecule has 0 saturated heterocycles. The highest BCUT2D eigenvalue weighted by Gasteiger charge is 2.18. The Morgan fingerprint density at radius 2 is 1.94 bits per heavy atom. The SMILES string of the molecule is CCCNC(c1ccc(Br)cc1)C(C)CCOC. The van der Waals surface area contributed by atoms with Crippen molar-refractivity contribution in [2.24, 2.45) is 5.92 Å². The molecule has 1 aromatic carbocycles. The molecule has 0 aliphatic heterocycles. The van der Waals surface area contributed by atoms with E-state index in [1.54, 1.807) is 7.11 Å². The van der Waals surface area contributed by atoms with E-state index < -0.39 is 0 Å². The molecule has 2 unspecified atom stereocenters. The smallest absolute Gasteiger partial charge is 0.0465 e.